The van der Waals surface area contributed by atoms with Crippen LogP contribution >= 0.6 is 0 Å². The number of nitrogens with one attached hydrogen (secondary N) is 1. The Morgan fingerprint density at radius 2 is 2.39 bits per heavy atom. The smallest absolute Gasteiger partial charge is 0.0826 e. The highest BCUT2D eigenvalue weighted by Gasteiger charge is 2.18. The quantitative estimate of drug-likeness (QED) is 0.579. The maximum absolute atomic E-state index is 5.78. The van der Waals surface area contributed by atoms with E-state index in [9.17, 15) is 0 Å². The first kappa shape index (κ1) is 14.0. The van der Waals surface area contributed by atoms with Crippen LogP contribution in [-0.4, -0.2) is 50.3 Å². The Hall–Kier alpha value is -0.380. The summed E-state index contributed by atoms with van der Waals surface area (Å²) >= 11 is 0. The summed E-state index contributed by atoms with van der Waals surface area (Å²) in [5.41, 5.74) is 1.66. The molecule has 1 aliphatic carbocycles. The van der Waals surface area contributed by atoms with E-state index in [2.05, 4.69) is 23.2 Å². The molecular weight excluding hydrogens is 224 g/mol. The van der Waals surface area contributed by atoms with Gasteiger partial charge in [-0.2, -0.15) is 0 Å². The van der Waals surface area contributed by atoms with Gasteiger partial charge in [0.15, 0.2) is 0 Å². The normalized spacial score (nSPS) is 26.1. The second-order valence-corrected chi connectivity index (χ2v) is 5.45. The van der Waals surface area contributed by atoms with Crippen LogP contribution in [0.25, 0.3) is 0 Å². The van der Waals surface area contributed by atoms with Crippen molar-refractivity contribution in [1.82, 2.24) is 10.2 Å². The zero-order valence-electron chi connectivity index (χ0n) is 11.8. The first-order valence-corrected chi connectivity index (χ1v) is 7.61. The van der Waals surface area contributed by atoms with Crippen molar-refractivity contribution in [3.63, 3.8) is 0 Å². The Morgan fingerprint density at radius 3 is 3.17 bits per heavy atom. The summed E-state index contributed by atoms with van der Waals surface area (Å²) in [5, 5.41) is 3.55. The van der Waals surface area contributed by atoms with Crippen molar-refractivity contribution in [2.75, 3.05) is 39.3 Å². The summed E-state index contributed by atoms with van der Waals surface area (Å²) in [6.07, 6.45) is 9.46. The first-order valence-electron chi connectivity index (χ1n) is 7.61. The van der Waals surface area contributed by atoms with E-state index in [1.165, 1.54) is 32.1 Å². The van der Waals surface area contributed by atoms with Crippen molar-refractivity contribution < 1.29 is 4.74 Å². The van der Waals surface area contributed by atoms with Crippen LogP contribution in [0.2, 0.25) is 0 Å². The Labute approximate surface area is 112 Å². The molecule has 2 aliphatic rings. The molecule has 2 rings (SSSR count). The fourth-order valence-electron chi connectivity index (χ4n) is 2.83. The van der Waals surface area contributed by atoms with Crippen molar-refractivity contribution in [2.45, 2.75) is 45.1 Å². The number of allylic oxidation sites excluding steroid dienone is 1. The predicted molar refractivity (Wildman–Crippen MR) is 75.9 cm³/mol. The van der Waals surface area contributed by atoms with E-state index in [4.69, 9.17) is 4.74 Å². The van der Waals surface area contributed by atoms with Crippen molar-refractivity contribution in [2.24, 2.45) is 0 Å². The second kappa shape index (κ2) is 7.93. The van der Waals surface area contributed by atoms with E-state index in [0.717, 1.165) is 39.3 Å². The van der Waals surface area contributed by atoms with Gasteiger partial charge in [-0.25, -0.2) is 0 Å². The monoisotopic (exact) mass is 252 g/mol. The Kier molecular flexibility index (Phi) is 6.18. The molecule has 3 heteroatoms. The van der Waals surface area contributed by atoms with Crippen LogP contribution in [0, 0.1) is 0 Å². The summed E-state index contributed by atoms with van der Waals surface area (Å²) < 4.78 is 5.78. The summed E-state index contributed by atoms with van der Waals surface area (Å²) in [6, 6.07) is 0. The fraction of sp³-hybridized carbons (Fsp3) is 0.867. The van der Waals surface area contributed by atoms with Gasteiger partial charge in [0.1, 0.15) is 0 Å². The van der Waals surface area contributed by atoms with Gasteiger partial charge in [0.25, 0.3) is 0 Å². The van der Waals surface area contributed by atoms with Gasteiger partial charge in [-0.15, -0.1) is 0 Å². The standard InChI is InChI=1S/C15H28N2O/c1-2-17-10-11-18-15(13-17)12-16-9-8-14-6-4-3-5-7-14/h6,15-16H,2-5,7-13H2,1H3. The lowest BCUT2D eigenvalue weighted by Gasteiger charge is -2.32. The van der Waals surface area contributed by atoms with Gasteiger partial charge in [0.05, 0.1) is 12.7 Å². The third-order valence-electron chi connectivity index (χ3n) is 4.05. The molecule has 1 saturated heterocycles. The third-order valence-corrected chi connectivity index (χ3v) is 4.05. The molecule has 0 aromatic heterocycles. The van der Waals surface area contributed by atoms with Crippen molar-refractivity contribution in [3.8, 4) is 0 Å². The van der Waals surface area contributed by atoms with Crippen molar-refractivity contribution in [3.05, 3.63) is 11.6 Å². The van der Waals surface area contributed by atoms with E-state index < -0.39 is 0 Å². The Bertz CT molecular complexity index is 265. The first-order chi connectivity index (χ1) is 8.88. The lowest BCUT2D eigenvalue weighted by Crippen LogP contribution is -2.46. The van der Waals surface area contributed by atoms with Crippen molar-refractivity contribution in [1.29, 1.82) is 0 Å². The number of rotatable bonds is 6. The lowest BCUT2D eigenvalue weighted by atomic mass is 9.97. The molecule has 0 radical (unpaired) electrons. The molecule has 1 unspecified atom stereocenters. The van der Waals surface area contributed by atoms with Gasteiger partial charge in [-0.3, -0.25) is 4.90 Å². The molecule has 104 valence electrons. The summed E-state index contributed by atoms with van der Waals surface area (Å²) in [6.45, 7) is 8.57. The average Bonchev–Trinajstić information content (AvgIpc) is 2.45. The van der Waals surface area contributed by atoms with E-state index in [1.54, 1.807) is 5.57 Å². The lowest BCUT2D eigenvalue weighted by molar-refractivity contribution is -0.0251. The predicted octanol–water partition coefficient (Wildman–Crippen LogP) is 2.19. The zero-order chi connectivity index (χ0) is 12.6. The van der Waals surface area contributed by atoms with Crippen LogP contribution in [0.15, 0.2) is 11.6 Å². The molecule has 0 saturated carbocycles. The van der Waals surface area contributed by atoms with E-state index in [-0.39, 0.29) is 0 Å². The van der Waals surface area contributed by atoms with Gasteiger partial charge in [0, 0.05) is 19.6 Å². The molecule has 0 bridgehead atoms. The SMILES string of the molecule is CCN1CCOC(CNCCC2=CCCCC2)C1. The van der Waals surface area contributed by atoms with Crippen LogP contribution in [0.1, 0.15) is 39.0 Å². The minimum absolute atomic E-state index is 0.388. The summed E-state index contributed by atoms with van der Waals surface area (Å²) in [5.74, 6) is 0. The number of likely N-dealkylation sites (N-methyl/N-ethyl adjacent to an activating group) is 1. The molecule has 1 atom stereocenters. The van der Waals surface area contributed by atoms with Gasteiger partial charge in [-0.05, 0) is 45.2 Å². The number of morpholine rings is 1. The highest BCUT2D eigenvalue weighted by atomic mass is 16.5. The molecule has 3 nitrogen and oxygen atoms in total. The number of hydrogen-bond acceptors (Lipinski definition) is 3. The van der Waals surface area contributed by atoms with Gasteiger partial charge in [0.2, 0.25) is 0 Å². The Morgan fingerprint density at radius 1 is 1.44 bits per heavy atom. The number of ether oxygens (including phenoxy) is 1. The van der Waals surface area contributed by atoms with Gasteiger partial charge in [-0.1, -0.05) is 18.6 Å². The molecule has 1 heterocycles. The van der Waals surface area contributed by atoms with Gasteiger partial charge < -0.3 is 10.1 Å². The molecule has 0 aromatic carbocycles. The van der Waals surface area contributed by atoms with Crippen LogP contribution in [0.4, 0.5) is 0 Å². The van der Waals surface area contributed by atoms with Crippen LogP contribution in [0.5, 0.6) is 0 Å². The maximum atomic E-state index is 5.78. The minimum atomic E-state index is 0.388. The highest BCUT2D eigenvalue weighted by molar-refractivity contribution is 5.05. The van der Waals surface area contributed by atoms with Crippen LogP contribution < -0.4 is 5.32 Å². The summed E-state index contributed by atoms with van der Waals surface area (Å²) in [7, 11) is 0. The summed E-state index contributed by atoms with van der Waals surface area (Å²) in [4.78, 5) is 2.47. The second-order valence-electron chi connectivity index (χ2n) is 5.45. The largest absolute Gasteiger partial charge is 0.374 e. The molecule has 1 aliphatic heterocycles. The fourth-order valence-corrected chi connectivity index (χ4v) is 2.83. The van der Waals surface area contributed by atoms with Gasteiger partial charge >= 0.3 is 0 Å². The molecule has 18 heavy (non-hydrogen) atoms. The van der Waals surface area contributed by atoms with Crippen LogP contribution in [-0.2, 0) is 4.74 Å². The molecule has 1 N–H and O–H groups in total. The van der Waals surface area contributed by atoms with Crippen LogP contribution in [0.3, 0.4) is 0 Å². The minimum Gasteiger partial charge on any atom is -0.374 e. The molecule has 0 amide bonds. The topological polar surface area (TPSA) is 24.5 Å². The van der Waals surface area contributed by atoms with Crippen molar-refractivity contribution >= 4 is 0 Å². The maximum Gasteiger partial charge on any atom is 0.0826 e. The van der Waals surface area contributed by atoms with E-state index in [0.29, 0.717) is 6.10 Å². The molecule has 0 spiro atoms. The molecule has 1 fully saturated rings. The average molecular weight is 252 g/mol. The zero-order valence-corrected chi connectivity index (χ0v) is 11.8. The Balaban J connectivity index is 1.56. The van der Waals surface area contributed by atoms with E-state index >= 15 is 0 Å². The van der Waals surface area contributed by atoms with E-state index in [1.807, 2.05) is 0 Å². The highest BCUT2D eigenvalue weighted by Crippen LogP contribution is 2.19. The number of nitrogens with zero attached hydrogens (tertiary/aromatic N) is 1. The molecular formula is C15H28N2O. The number of hydrogen-bond donors (Lipinski definition) is 1. The molecule has 0 aromatic rings. The third kappa shape index (κ3) is 4.71.